The van der Waals surface area contributed by atoms with Crippen LogP contribution in [0.3, 0.4) is 0 Å². The fraction of sp³-hybridized carbons (Fsp3) is 0.200. The van der Waals surface area contributed by atoms with E-state index in [0.29, 0.717) is 23.9 Å². The van der Waals surface area contributed by atoms with Gasteiger partial charge < -0.3 is 14.8 Å². The molecule has 0 aliphatic rings. The molecule has 0 atom stereocenters. The van der Waals surface area contributed by atoms with E-state index in [1.165, 1.54) is 0 Å². The number of anilines is 1. The molecule has 3 rings (SSSR count). The predicted octanol–water partition coefficient (Wildman–Crippen LogP) is 4.02. The molecule has 0 bridgehead atoms. The van der Waals surface area contributed by atoms with E-state index in [4.69, 9.17) is 21.1 Å². The predicted molar refractivity (Wildman–Crippen MR) is 104 cm³/mol. The van der Waals surface area contributed by atoms with E-state index in [9.17, 15) is 4.79 Å². The number of benzene rings is 2. The van der Waals surface area contributed by atoms with E-state index in [1.807, 2.05) is 24.3 Å². The summed E-state index contributed by atoms with van der Waals surface area (Å²) in [5, 5.41) is 7.51. The first-order valence-corrected chi connectivity index (χ1v) is 8.95. The summed E-state index contributed by atoms with van der Waals surface area (Å²) in [6.07, 6.45) is 4.14. The molecule has 0 spiro atoms. The van der Waals surface area contributed by atoms with Crippen molar-refractivity contribution in [1.82, 2.24) is 9.78 Å². The van der Waals surface area contributed by atoms with Gasteiger partial charge in [-0.05, 0) is 54.6 Å². The Labute approximate surface area is 162 Å². The summed E-state index contributed by atoms with van der Waals surface area (Å²) in [6.45, 7) is 1.28. The number of halogens is 1. The van der Waals surface area contributed by atoms with Gasteiger partial charge >= 0.3 is 0 Å². The summed E-state index contributed by atoms with van der Waals surface area (Å²) in [6, 6.07) is 16.3. The highest BCUT2D eigenvalue weighted by atomic mass is 35.5. The minimum atomic E-state index is -0.133. The average molecular weight is 386 g/mol. The van der Waals surface area contributed by atoms with E-state index in [1.54, 1.807) is 47.4 Å². The fourth-order valence-corrected chi connectivity index (χ4v) is 2.47. The van der Waals surface area contributed by atoms with Gasteiger partial charge in [-0.15, -0.1) is 0 Å². The second-order valence-electron chi connectivity index (χ2n) is 5.78. The van der Waals surface area contributed by atoms with Crippen LogP contribution in [0.4, 0.5) is 5.69 Å². The van der Waals surface area contributed by atoms with Gasteiger partial charge in [0, 0.05) is 29.5 Å². The molecule has 140 valence electrons. The lowest BCUT2D eigenvalue weighted by Crippen LogP contribution is -2.18. The molecule has 1 amide bonds. The molecule has 6 nitrogen and oxygen atoms in total. The molecular weight excluding hydrogens is 366 g/mol. The number of amides is 1. The first-order chi connectivity index (χ1) is 13.2. The van der Waals surface area contributed by atoms with Crippen molar-refractivity contribution in [3.8, 4) is 11.5 Å². The maximum Gasteiger partial charge on any atom is 0.246 e. The highest BCUT2D eigenvalue weighted by Gasteiger charge is 2.04. The number of ether oxygens (including phenoxy) is 2. The maximum atomic E-state index is 11.9. The molecule has 1 N–H and O–H groups in total. The Kier molecular flexibility index (Phi) is 6.71. The van der Waals surface area contributed by atoms with Crippen molar-refractivity contribution in [2.75, 3.05) is 18.5 Å². The molecule has 3 aromatic rings. The van der Waals surface area contributed by atoms with Crippen molar-refractivity contribution < 1.29 is 14.3 Å². The first-order valence-electron chi connectivity index (χ1n) is 8.57. The smallest absolute Gasteiger partial charge is 0.246 e. The van der Waals surface area contributed by atoms with E-state index in [2.05, 4.69) is 10.4 Å². The molecule has 27 heavy (non-hydrogen) atoms. The third-order valence-corrected chi connectivity index (χ3v) is 3.89. The van der Waals surface area contributed by atoms with Crippen molar-refractivity contribution in [2.45, 2.75) is 13.0 Å². The Hall–Kier alpha value is -2.99. The van der Waals surface area contributed by atoms with Gasteiger partial charge in [0.15, 0.2) is 0 Å². The van der Waals surface area contributed by atoms with Crippen molar-refractivity contribution >= 4 is 23.2 Å². The van der Waals surface area contributed by atoms with Crippen molar-refractivity contribution in [3.05, 3.63) is 72.0 Å². The van der Waals surface area contributed by atoms with E-state index in [0.717, 1.165) is 17.9 Å². The molecule has 0 radical (unpaired) electrons. The summed E-state index contributed by atoms with van der Waals surface area (Å²) in [4.78, 5) is 11.9. The van der Waals surface area contributed by atoms with Crippen molar-refractivity contribution in [3.63, 3.8) is 0 Å². The van der Waals surface area contributed by atoms with Gasteiger partial charge in [0.25, 0.3) is 0 Å². The molecule has 1 heterocycles. The largest absolute Gasteiger partial charge is 0.493 e. The zero-order chi connectivity index (χ0) is 18.9. The molecule has 7 heteroatoms. The van der Waals surface area contributed by atoms with Gasteiger partial charge in [-0.25, -0.2) is 0 Å². The Morgan fingerprint density at radius 2 is 1.63 bits per heavy atom. The van der Waals surface area contributed by atoms with Crippen LogP contribution in [0.1, 0.15) is 6.42 Å². The normalized spacial score (nSPS) is 10.4. The summed E-state index contributed by atoms with van der Waals surface area (Å²) in [5.41, 5.74) is 0.713. The molecular formula is C20H20ClN3O3. The Morgan fingerprint density at radius 3 is 2.22 bits per heavy atom. The average Bonchev–Trinajstić information content (AvgIpc) is 3.17. The monoisotopic (exact) mass is 385 g/mol. The van der Waals surface area contributed by atoms with E-state index >= 15 is 0 Å². The molecule has 1 aromatic heterocycles. The minimum absolute atomic E-state index is 0.133. The van der Waals surface area contributed by atoms with Gasteiger partial charge in [0.1, 0.15) is 18.0 Å². The van der Waals surface area contributed by atoms with Gasteiger partial charge in [-0.2, -0.15) is 5.10 Å². The van der Waals surface area contributed by atoms with E-state index in [-0.39, 0.29) is 12.5 Å². The number of hydrogen-bond donors (Lipinski definition) is 1. The van der Waals surface area contributed by atoms with Gasteiger partial charge in [-0.1, -0.05) is 11.6 Å². The van der Waals surface area contributed by atoms with Crippen molar-refractivity contribution in [2.24, 2.45) is 0 Å². The quantitative estimate of drug-likeness (QED) is 0.565. The Balaban J connectivity index is 1.35. The van der Waals surface area contributed by atoms with Crippen LogP contribution < -0.4 is 14.8 Å². The number of nitrogens with one attached hydrogen (secondary N) is 1. The van der Waals surface area contributed by atoms with Crippen LogP contribution in [-0.2, 0) is 11.3 Å². The Bertz CT molecular complexity index is 834. The third-order valence-electron chi connectivity index (χ3n) is 3.64. The van der Waals surface area contributed by atoms with Gasteiger partial charge in [-0.3, -0.25) is 9.48 Å². The second-order valence-corrected chi connectivity index (χ2v) is 6.22. The zero-order valence-electron chi connectivity index (χ0n) is 14.7. The fourth-order valence-electron chi connectivity index (χ4n) is 2.35. The SMILES string of the molecule is O=C(Cn1cccn1)Nc1ccc(OCCCOc2ccc(Cl)cc2)cc1. The topological polar surface area (TPSA) is 65.4 Å². The number of rotatable bonds is 9. The lowest BCUT2D eigenvalue weighted by molar-refractivity contribution is -0.116. The highest BCUT2D eigenvalue weighted by molar-refractivity contribution is 6.30. The lowest BCUT2D eigenvalue weighted by atomic mass is 10.3. The Morgan fingerprint density at radius 1 is 1.00 bits per heavy atom. The molecule has 0 aliphatic heterocycles. The molecule has 0 unspecified atom stereocenters. The van der Waals surface area contributed by atoms with Crippen molar-refractivity contribution in [1.29, 1.82) is 0 Å². The number of nitrogens with zero attached hydrogens (tertiary/aromatic N) is 2. The number of carbonyl (C=O) groups excluding carboxylic acids is 1. The van der Waals surface area contributed by atoms with Crippen LogP contribution in [-0.4, -0.2) is 28.9 Å². The molecule has 2 aromatic carbocycles. The zero-order valence-corrected chi connectivity index (χ0v) is 15.4. The van der Waals surface area contributed by atoms with E-state index < -0.39 is 0 Å². The summed E-state index contributed by atoms with van der Waals surface area (Å²) < 4.78 is 12.9. The minimum Gasteiger partial charge on any atom is -0.493 e. The maximum absolute atomic E-state index is 11.9. The van der Waals surface area contributed by atoms with Crippen LogP contribution >= 0.6 is 11.6 Å². The summed E-state index contributed by atoms with van der Waals surface area (Å²) >= 11 is 5.83. The standard InChI is InChI=1S/C20H20ClN3O3/c21-16-3-7-18(8-4-16)26-13-2-14-27-19-9-5-17(6-10-19)23-20(25)15-24-12-1-11-22-24/h1,3-12H,2,13-15H2,(H,23,25). The molecule has 0 saturated carbocycles. The van der Waals surface area contributed by atoms with Crippen LogP contribution in [0.5, 0.6) is 11.5 Å². The molecule has 0 saturated heterocycles. The highest BCUT2D eigenvalue weighted by Crippen LogP contribution is 2.17. The molecule has 0 aliphatic carbocycles. The second kappa shape index (κ2) is 9.64. The number of aromatic nitrogens is 2. The van der Waals surface area contributed by atoms with Gasteiger partial charge in [0.05, 0.1) is 13.2 Å². The van der Waals surface area contributed by atoms with Crippen LogP contribution in [0, 0.1) is 0 Å². The van der Waals surface area contributed by atoms with Gasteiger partial charge in [0.2, 0.25) is 5.91 Å². The number of hydrogen-bond acceptors (Lipinski definition) is 4. The third kappa shape index (κ3) is 6.34. The summed E-state index contributed by atoms with van der Waals surface area (Å²) in [7, 11) is 0. The van der Waals surface area contributed by atoms with Crippen LogP contribution in [0.25, 0.3) is 0 Å². The molecule has 0 fully saturated rings. The lowest BCUT2D eigenvalue weighted by Gasteiger charge is -2.09. The number of carbonyl (C=O) groups is 1. The van der Waals surface area contributed by atoms with Crippen LogP contribution in [0.15, 0.2) is 67.0 Å². The van der Waals surface area contributed by atoms with Crippen LogP contribution in [0.2, 0.25) is 5.02 Å². The first kappa shape index (κ1) is 18.8. The summed E-state index contributed by atoms with van der Waals surface area (Å²) in [5.74, 6) is 1.40.